The van der Waals surface area contributed by atoms with E-state index in [2.05, 4.69) is 43.3 Å². The molecule has 0 aliphatic heterocycles. The van der Waals surface area contributed by atoms with E-state index in [1.165, 1.54) is 0 Å². The highest BCUT2D eigenvalue weighted by atomic mass is 15.3. The molecule has 0 saturated carbocycles. The maximum Gasteiger partial charge on any atom is 0.0678 e. The molecule has 1 aromatic heterocycles. The first-order valence-corrected chi connectivity index (χ1v) is 6.36. The van der Waals surface area contributed by atoms with Crippen LogP contribution < -0.4 is 17.0 Å². The van der Waals surface area contributed by atoms with Crippen molar-refractivity contribution in [2.75, 3.05) is 19.8 Å². The van der Waals surface area contributed by atoms with Crippen molar-refractivity contribution >= 4 is 5.69 Å². The zero-order valence-electron chi connectivity index (χ0n) is 11.8. The van der Waals surface area contributed by atoms with Crippen molar-refractivity contribution < 1.29 is 0 Å². The normalized spacial score (nSPS) is 13.9. The van der Waals surface area contributed by atoms with E-state index in [1.807, 2.05) is 6.07 Å². The second kappa shape index (κ2) is 6.13. The lowest BCUT2D eigenvalue weighted by molar-refractivity contribution is 0.0883. The molecule has 0 bridgehead atoms. The average molecular weight is 251 g/mol. The van der Waals surface area contributed by atoms with E-state index in [4.69, 9.17) is 11.6 Å². The van der Waals surface area contributed by atoms with Crippen LogP contribution in [0.5, 0.6) is 0 Å². The largest absolute Gasteiger partial charge is 0.398 e. The molecule has 0 amide bonds. The number of nitrogens with zero attached hydrogens (tertiary/aromatic N) is 2. The fraction of sp³-hybridized carbons (Fsp3) is 0.615. The number of anilines is 1. The summed E-state index contributed by atoms with van der Waals surface area (Å²) in [6, 6.07) is 1.77. The van der Waals surface area contributed by atoms with Crippen molar-refractivity contribution in [2.24, 2.45) is 5.84 Å². The van der Waals surface area contributed by atoms with Crippen LogP contribution in [-0.2, 0) is 0 Å². The fourth-order valence-corrected chi connectivity index (χ4v) is 2.74. The van der Waals surface area contributed by atoms with E-state index < -0.39 is 0 Å². The molecule has 1 aromatic rings. The number of aromatic nitrogens is 1. The zero-order chi connectivity index (χ0) is 13.8. The van der Waals surface area contributed by atoms with Crippen molar-refractivity contribution in [1.82, 2.24) is 15.3 Å². The second-order valence-electron chi connectivity index (χ2n) is 4.81. The van der Waals surface area contributed by atoms with Crippen molar-refractivity contribution in [2.45, 2.75) is 38.3 Å². The van der Waals surface area contributed by atoms with Gasteiger partial charge in [-0.3, -0.25) is 16.3 Å². The van der Waals surface area contributed by atoms with Gasteiger partial charge in [0.25, 0.3) is 0 Å². The third-order valence-electron chi connectivity index (χ3n) is 4.02. The first-order chi connectivity index (χ1) is 8.53. The quantitative estimate of drug-likeness (QED) is 0.524. The van der Waals surface area contributed by atoms with Crippen LogP contribution in [0, 0.1) is 0 Å². The van der Waals surface area contributed by atoms with Gasteiger partial charge in [0.1, 0.15) is 0 Å². The first-order valence-electron chi connectivity index (χ1n) is 6.36. The minimum atomic E-state index is -0.0775. The summed E-state index contributed by atoms with van der Waals surface area (Å²) in [7, 11) is 4.15. The highest BCUT2D eigenvalue weighted by molar-refractivity contribution is 5.47. The Morgan fingerprint density at radius 3 is 2.39 bits per heavy atom. The summed E-state index contributed by atoms with van der Waals surface area (Å²) in [5.74, 6) is 5.79. The highest BCUT2D eigenvalue weighted by Gasteiger charge is 2.39. The van der Waals surface area contributed by atoms with Crippen LogP contribution in [-0.4, -0.2) is 29.5 Å². The molecule has 0 aliphatic rings. The number of hydrazine groups is 1. The van der Waals surface area contributed by atoms with Crippen LogP contribution in [0.1, 0.15) is 38.3 Å². The molecule has 5 N–H and O–H groups in total. The van der Waals surface area contributed by atoms with Crippen LogP contribution in [0.3, 0.4) is 0 Å². The van der Waals surface area contributed by atoms with E-state index in [-0.39, 0.29) is 11.6 Å². The Labute approximate surface area is 110 Å². The molecule has 1 heterocycles. The summed E-state index contributed by atoms with van der Waals surface area (Å²) in [6.07, 6.45) is 5.43. The van der Waals surface area contributed by atoms with Crippen LogP contribution in [0.4, 0.5) is 5.69 Å². The molecular formula is C13H25N5. The summed E-state index contributed by atoms with van der Waals surface area (Å²) >= 11 is 0. The summed E-state index contributed by atoms with van der Waals surface area (Å²) in [5, 5.41) is 0. The van der Waals surface area contributed by atoms with Gasteiger partial charge in [-0.15, -0.1) is 0 Å². The second-order valence-corrected chi connectivity index (χ2v) is 4.81. The fourth-order valence-electron chi connectivity index (χ4n) is 2.74. The minimum absolute atomic E-state index is 0.0452. The van der Waals surface area contributed by atoms with Crippen molar-refractivity contribution in [3.8, 4) is 0 Å². The lowest BCUT2D eigenvalue weighted by Gasteiger charge is -2.45. The van der Waals surface area contributed by atoms with Gasteiger partial charge in [0.15, 0.2) is 0 Å². The van der Waals surface area contributed by atoms with Gasteiger partial charge in [-0.2, -0.15) is 0 Å². The van der Waals surface area contributed by atoms with Gasteiger partial charge in [0.05, 0.1) is 6.04 Å². The molecule has 1 atom stereocenters. The molecule has 5 heteroatoms. The molecule has 1 unspecified atom stereocenters. The van der Waals surface area contributed by atoms with E-state index >= 15 is 0 Å². The average Bonchev–Trinajstić information content (AvgIpc) is 2.37. The van der Waals surface area contributed by atoms with Gasteiger partial charge in [0.2, 0.25) is 0 Å². The molecule has 18 heavy (non-hydrogen) atoms. The molecule has 0 spiro atoms. The number of nitrogens with one attached hydrogen (secondary N) is 1. The first kappa shape index (κ1) is 14.9. The Hall–Kier alpha value is -1.17. The predicted octanol–water partition coefficient (Wildman–Crippen LogP) is 1.29. The Morgan fingerprint density at radius 2 is 2.00 bits per heavy atom. The van der Waals surface area contributed by atoms with E-state index in [0.717, 1.165) is 24.1 Å². The Bertz CT molecular complexity index is 373. The SMILES string of the molecule is CCC(CC)(C(NN)c1cnccc1N)N(C)C. The zero-order valence-corrected chi connectivity index (χ0v) is 11.8. The van der Waals surface area contributed by atoms with E-state index in [9.17, 15) is 0 Å². The van der Waals surface area contributed by atoms with Gasteiger partial charge in [-0.05, 0) is 33.0 Å². The smallest absolute Gasteiger partial charge is 0.0678 e. The van der Waals surface area contributed by atoms with Gasteiger partial charge in [-0.25, -0.2) is 0 Å². The van der Waals surface area contributed by atoms with Gasteiger partial charge >= 0.3 is 0 Å². The Balaban J connectivity index is 3.27. The molecular weight excluding hydrogens is 226 g/mol. The number of hydrogen-bond donors (Lipinski definition) is 3. The maximum atomic E-state index is 6.05. The van der Waals surface area contributed by atoms with E-state index in [1.54, 1.807) is 12.4 Å². The lowest BCUT2D eigenvalue weighted by atomic mass is 9.80. The Kier molecular flexibility index (Phi) is 5.07. The van der Waals surface area contributed by atoms with Crippen LogP contribution in [0.2, 0.25) is 0 Å². The number of pyridine rings is 1. The molecule has 5 nitrogen and oxygen atoms in total. The van der Waals surface area contributed by atoms with Gasteiger partial charge in [-0.1, -0.05) is 13.8 Å². The van der Waals surface area contributed by atoms with Gasteiger partial charge < -0.3 is 10.6 Å². The lowest BCUT2D eigenvalue weighted by Crippen LogP contribution is -2.54. The van der Waals surface area contributed by atoms with Crippen molar-refractivity contribution in [1.29, 1.82) is 0 Å². The number of nitrogens with two attached hydrogens (primary N) is 2. The molecule has 0 saturated heterocycles. The summed E-state index contributed by atoms with van der Waals surface area (Å²) in [6.45, 7) is 4.33. The summed E-state index contributed by atoms with van der Waals surface area (Å²) in [4.78, 5) is 6.37. The van der Waals surface area contributed by atoms with Crippen LogP contribution >= 0.6 is 0 Å². The van der Waals surface area contributed by atoms with E-state index in [0.29, 0.717) is 0 Å². The highest BCUT2D eigenvalue weighted by Crippen LogP contribution is 2.37. The molecule has 0 aromatic carbocycles. The van der Waals surface area contributed by atoms with Crippen molar-refractivity contribution in [3.05, 3.63) is 24.0 Å². The molecule has 102 valence electrons. The topological polar surface area (TPSA) is 80.2 Å². The van der Waals surface area contributed by atoms with Crippen LogP contribution in [0.25, 0.3) is 0 Å². The predicted molar refractivity (Wildman–Crippen MR) is 75.7 cm³/mol. The Morgan fingerprint density at radius 1 is 1.39 bits per heavy atom. The maximum absolute atomic E-state index is 6.05. The van der Waals surface area contributed by atoms with Crippen molar-refractivity contribution in [3.63, 3.8) is 0 Å². The third kappa shape index (κ3) is 2.48. The minimum Gasteiger partial charge on any atom is -0.398 e. The summed E-state index contributed by atoms with van der Waals surface area (Å²) in [5.41, 5.74) is 10.6. The monoisotopic (exact) mass is 251 g/mol. The molecule has 0 aliphatic carbocycles. The third-order valence-corrected chi connectivity index (χ3v) is 4.02. The standard InChI is InChI=1S/C13H25N5/c1-5-13(6-2,18(3)4)12(17-15)10-9-16-8-7-11(10)14/h7-9,12,17H,5-6,15H2,1-4H3,(H2,14,16). The molecule has 1 rings (SSSR count). The number of hydrogen-bond acceptors (Lipinski definition) is 5. The number of rotatable bonds is 6. The van der Waals surface area contributed by atoms with Crippen LogP contribution in [0.15, 0.2) is 18.5 Å². The number of nitrogen functional groups attached to an aromatic ring is 1. The molecule has 0 fully saturated rings. The number of likely N-dealkylation sites (N-methyl/N-ethyl adjacent to an activating group) is 1. The van der Waals surface area contributed by atoms with Gasteiger partial charge in [0, 0.05) is 29.2 Å². The molecule has 0 radical (unpaired) electrons. The summed E-state index contributed by atoms with van der Waals surface area (Å²) < 4.78 is 0.